The minimum atomic E-state index is -2.80. The minimum Gasteiger partial charge on any atom is -0.304 e. The Morgan fingerprint density at radius 1 is 0.210 bits per heavy atom. The molecule has 0 N–H and O–H groups in total. The van der Waals surface area contributed by atoms with Gasteiger partial charge in [0.1, 0.15) is 0 Å². The Morgan fingerprint density at radius 2 is 0.406 bits per heavy atom. The first-order chi connectivity index (χ1) is 73.5. The molecule has 0 fully saturated rings. The average molecular weight is 2520 g/mol. The second-order valence-corrected chi connectivity index (χ2v) is 30.5. The standard InChI is InChI=1S/2C19H16N.2C18H14N.4C13H12N.4Ir/c2*1-2-15-13-19(17-11-7-4-8-12-17)20-14-18(15)16-9-5-3-6-10-16;2*1-14-12-18(16-10-6-3-7-11-16)19-13-17(14)15-8-4-2-5-9-15;4*1-10-8-13(14-9-11(10)2)12-6-4-3-5-7-12;;;;/h2*3-11,13-14H,2H2,1H3;2*2-10,12-13H,1H3;4*3-6,8-9H,1-2H3;;;;/q8*-1;;;;/i1D3,2D2;;1D3;;4*2D3;;;;. The molecule has 0 atom stereocenters. The van der Waals surface area contributed by atoms with Gasteiger partial charge < -0.3 is 39.9 Å². The molecule has 0 aliphatic heterocycles. The number of rotatable bonds is 14. The molecule has 8 heterocycles. The zero-order chi connectivity index (χ0) is 110. The topological polar surface area (TPSA) is 103 Å². The fourth-order valence-corrected chi connectivity index (χ4v) is 13.7. The Bertz CT molecular complexity index is 7470. The molecule has 0 amide bonds. The molecule has 8 aromatic heterocycles. The summed E-state index contributed by atoms with van der Waals surface area (Å²) in [5, 5.41) is 0. The molecule has 0 saturated heterocycles. The van der Waals surface area contributed by atoms with Gasteiger partial charge in [-0.15, -0.1) is 287 Å². The van der Waals surface area contributed by atoms with Crippen LogP contribution in [0.3, 0.4) is 0 Å². The third-order valence-corrected chi connectivity index (χ3v) is 21.1. The molecule has 8 nitrogen and oxygen atoms in total. The number of pyridine rings is 8. The van der Waals surface area contributed by atoms with Crippen molar-refractivity contribution in [1.82, 2.24) is 39.9 Å². The van der Waals surface area contributed by atoms with Crippen molar-refractivity contribution in [1.29, 1.82) is 0 Å². The average Bonchev–Trinajstić information content (AvgIpc) is 0.759. The van der Waals surface area contributed by atoms with Crippen molar-refractivity contribution in [3.63, 3.8) is 0 Å². The molecule has 138 heavy (non-hydrogen) atoms. The first kappa shape index (κ1) is 81.6. The van der Waals surface area contributed by atoms with Crippen LogP contribution in [0.2, 0.25) is 0 Å². The molecule has 20 rings (SSSR count). The third kappa shape index (κ3) is 31.8. The maximum atomic E-state index is 8.23. The Hall–Kier alpha value is -13.6. The van der Waals surface area contributed by atoms with Crippen molar-refractivity contribution in [2.24, 2.45) is 0 Å². The summed E-state index contributed by atoms with van der Waals surface area (Å²) in [4.78, 5) is 34.7. The van der Waals surface area contributed by atoms with Gasteiger partial charge in [-0.05, 0) is 194 Å². The van der Waals surface area contributed by atoms with Crippen molar-refractivity contribution >= 4 is 0 Å². The third-order valence-electron chi connectivity index (χ3n) is 21.1. The summed E-state index contributed by atoms with van der Waals surface area (Å²) < 4.78 is 151. The van der Waals surface area contributed by atoms with Crippen LogP contribution >= 0.6 is 0 Å². The molecule has 12 aromatic carbocycles. The van der Waals surface area contributed by atoms with Gasteiger partial charge in [-0.25, -0.2) is 0 Å². The largest absolute Gasteiger partial charge is 0.304 e. The molecule has 4 radical (unpaired) electrons. The molecular weight excluding hydrogens is 2390 g/mol. The summed E-state index contributed by atoms with van der Waals surface area (Å²) in [5.74, 6) is 0. The van der Waals surface area contributed by atoms with E-state index in [-0.39, 0.29) is 86.0 Å². The number of nitrogens with zero attached hydrogens (tertiary/aromatic N) is 8. The van der Waals surface area contributed by atoms with E-state index in [1.807, 2.05) is 273 Å². The molecular formula is C126H108Ir4N8-8. The number of hydrogen-bond donors (Lipinski definition) is 0. The van der Waals surface area contributed by atoms with E-state index in [1.54, 1.807) is 82.4 Å². The Kier molecular flexibility index (Phi) is 33.6. The van der Waals surface area contributed by atoms with E-state index in [2.05, 4.69) is 151 Å². The van der Waals surface area contributed by atoms with Crippen molar-refractivity contribution in [2.75, 3.05) is 0 Å². The maximum Gasteiger partial charge on any atom is 0.0313 e. The van der Waals surface area contributed by atoms with Crippen molar-refractivity contribution < 1.29 is 108 Å². The van der Waals surface area contributed by atoms with Crippen molar-refractivity contribution in [3.8, 4) is 135 Å². The Labute approximate surface area is 899 Å². The van der Waals surface area contributed by atoms with E-state index < -0.39 is 47.5 Å². The molecule has 0 bridgehead atoms. The zero-order valence-corrected chi connectivity index (χ0v) is 86.0. The van der Waals surface area contributed by atoms with Gasteiger partial charge in [0.25, 0.3) is 0 Å². The van der Waals surface area contributed by atoms with Crippen LogP contribution in [0.1, 0.15) is 108 Å². The summed E-state index contributed by atoms with van der Waals surface area (Å²) in [6, 6.07) is 139. The molecule has 0 aliphatic rings. The number of hydrogen-bond acceptors (Lipinski definition) is 8. The molecule has 20 aromatic rings. The van der Waals surface area contributed by atoms with E-state index in [0.29, 0.717) is 55.9 Å². The van der Waals surface area contributed by atoms with Gasteiger partial charge in [0.2, 0.25) is 0 Å². The van der Waals surface area contributed by atoms with Crippen LogP contribution < -0.4 is 0 Å². The summed E-state index contributed by atoms with van der Waals surface area (Å²) in [6.45, 7) is -1.95. The quantitative estimate of drug-likeness (QED) is 0.0992. The van der Waals surface area contributed by atoms with Crippen LogP contribution in [-0.4, -0.2) is 39.9 Å². The van der Waals surface area contributed by atoms with Gasteiger partial charge in [-0.3, -0.25) is 0 Å². The Morgan fingerprint density at radius 3 is 0.623 bits per heavy atom. The second-order valence-electron chi connectivity index (χ2n) is 30.5. The van der Waals surface area contributed by atoms with Crippen molar-refractivity contribution in [3.05, 3.63) is 529 Å². The fraction of sp³-hybridized carbons (Fsp3) is 0.111. The number of aromatic nitrogens is 8. The second kappa shape index (κ2) is 56.8. The SMILES string of the molecule is CCc1cc(-c2[c-]cccc2)ncc1-c1ccccc1.Cc1cc(-c2[c-]cccc2)ncc1-c1ccccc1.[2H]C([2H])([2H])C([2H])([2H])c1cc(-c2[c-]cccc2)ncc1-c1ccccc1.[2H]C([2H])([2H])c1cc(-c2[c-]cccc2)ncc1-c1ccccc1.[2H]C([2H])([2H])c1cnc(-c2[c-]cccc2)cc1C.[2H]C([2H])([2H])c1cnc(-c2[c-]cccc2)cc1C.[2H]C([2H])([2H])c1cnc(-c2[c-]cccc2)cc1C.[2H]C([2H])([2H])c1cnc(-c2[c-]cccc2)cc1C.[Ir].[Ir].[Ir].[Ir]. The fourth-order valence-electron chi connectivity index (χ4n) is 13.7. The summed E-state index contributed by atoms with van der Waals surface area (Å²) >= 11 is 0. The first-order valence-corrected chi connectivity index (χ1v) is 43.4. The van der Waals surface area contributed by atoms with E-state index in [4.69, 9.17) is 27.4 Å². The number of benzene rings is 12. The van der Waals surface area contributed by atoms with Gasteiger partial charge in [-0.2, -0.15) is 0 Å². The van der Waals surface area contributed by atoms with Gasteiger partial charge in [0.15, 0.2) is 0 Å². The van der Waals surface area contributed by atoms with Crippen molar-refractivity contribution in [2.45, 2.75) is 95.4 Å². The molecule has 0 unspecified atom stereocenters. The zero-order valence-electron chi connectivity index (χ0n) is 96.4. The molecule has 0 aliphatic carbocycles. The summed E-state index contributed by atoms with van der Waals surface area (Å²) in [5.41, 5.74) is 27.7. The van der Waals surface area contributed by atoms with Crippen LogP contribution in [0.25, 0.3) is 135 Å². The van der Waals surface area contributed by atoms with Crippen LogP contribution in [0.5, 0.6) is 0 Å². The number of aryl methyl sites for hydroxylation is 12. The van der Waals surface area contributed by atoms with Crippen LogP contribution in [0, 0.1) is 117 Å². The molecule has 12 heteroatoms. The maximum absolute atomic E-state index is 8.23. The van der Waals surface area contributed by atoms with E-state index in [9.17, 15) is 0 Å². The summed E-state index contributed by atoms with van der Waals surface area (Å²) in [6.07, 6.45) is 11.3. The van der Waals surface area contributed by atoms with E-state index in [1.165, 1.54) is 70.4 Å². The van der Waals surface area contributed by atoms with Crippen LogP contribution in [0.15, 0.2) is 414 Å². The van der Waals surface area contributed by atoms with Crippen LogP contribution in [-0.2, 0) is 93.2 Å². The first-order valence-electron chi connectivity index (χ1n) is 53.4. The van der Waals surface area contributed by atoms with E-state index in [0.717, 1.165) is 113 Å². The van der Waals surface area contributed by atoms with Gasteiger partial charge in [0.05, 0.1) is 0 Å². The Balaban J connectivity index is 0.000000199. The van der Waals surface area contributed by atoms with E-state index >= 15 is 0 Å². The smallest absolute Gasteiger partial charge is 0.0313 e. The summed E-state index contributed by atoms with van der Waals surface area (Å²) in [7, 11) is 0. The minimum absolute atomic E-state index is 0. The normalized spacial score (nSPS) is 12.8. The van der Waals surface area contributed by atoms with Gasteiger partial charge in [0, 0.05) is 180 Å². The van der Waals surface area contributed by atoms with Gasteiger partial charge >= 0.3 is 0 Å². The molecule has 0 saturated carbocycles. The molecule has 696 valence electrons. The monoisotopic (exact) mass is 2520 g/mol. The predicted molar refractivity (Wildman–Crippen MR) is 556 cm³/mol. The van der Waals surface area contributed by atoms with Gasteiger partial charge in [-0.1, -0.05) is 206 Å². The van der Waals surface area contributed by atoms with Crippen LogP contribution in [0.4, 0.5) is 0 Å². The predicted octanol–water partition coefficient (Wildman–Crippen LogP) is 31.3. The molecule has 0 spiro atoms.